The summed E-state index contributed by atoms with van der Waals surface area (Å²) in [6.45, 7) is 4.87. The topological polar surface area (TPSA) is 79.8 Å². The second-order valence-corrected chi connectivity index (χ2v) is 8.79. The molecule has 1 unspecified atom stereocenters. The molecule has 2 amide bonds. The smallest absolute Gasteiger partial charge is 0.289 e. The van der Waals surface area contributed by atoms with E-state index in [1.807, 2.05) is 24.8 Å². The summed E-state index contributed by atoms with van der Waals surface area (Å²) in [5.74, 6) is 1.67. The van der Waals surface area contributed by atoms with Crippen molar-refractivity contribution in [3.05, 3.63) is 40.7 Å². The van der Waals surface area contributed by atoms with Crippen molar-refractivity contribution in [2.45, 2.75) is 46.0 Å². The van der Waals surface area contributed by atoms with E-state index in [2.05, 4.69) is 5.16 Å². The average molecular weight is 399 g/mol. The second kappa shape index (κ2) is 7.35. The van der Waals surface area contributed by atoms with Crippen molar-refractivity contribution < 1.29 is 18.5 Å². The van der Waals surface area contributed by atoms with Crippen LogP contribution in [0.3, 0.4) is 0 Å². The average Bonchev–Trinajstić information content (AvgIpc) is 3.47. The third kappa shape index (κ3) is 3.47. The van der Waals surface area contributed by atoms with E-state index in [4.69, 9.17) is 8.94 Å². The maximum Gasteiger partial charge on any atom is 0.289 e. The number of rotatable bonds is 4. The highest BCUT2D eigenvalue weighted by molar-refractivity contribution is 5.93. The normalized spacial score (nSPS) is 20.6. The Morgan fingerprint density at radius 3 is 2.59 bits per heavy atom. The van der Waals surface area contributed by atoms with Gasteiger partial charge in [0.25, 0.3) is 5.91 Å². The van der Waals surface area contributed by atoms with Gasteiger partial charge in [0, 0.05) is 44.6 Å². The Morgan fingerprint density at radius 1 is 1.24 bits per heavy atom. The molecule has 2 aromatic rings. The molecule has 1 saturated heterocycles. The highest BCUT2D eigenvalue weighted by atomic mass is 16.5. The van der Waals surface area contributed by atoms with Crippen LogP contribution in [0.15, 0.2) is 21.1 Å². The van der Waals surface area contributed by atoms with Crippen LogP contribution in [0, 0.1) is 25.2 Å². The third-order valence-electron chi connectivity index (χ3n) is 6.68. The van der Waals surface area contributed by atoms with Crippen LogP contribution in [0.1, 0.15) is 59.0 Å². The van der Waals surface area contributed by atoms with Crippen LogP contribution in [0.2, 0.25) is 0 Å². The molecular formula is C22H29N3O4. The quantitative estimate of drug-likeness (QED) is 0.789. The molecule has 4 rings (SSSR count). The molecule has 1 saturated carbocycles. The number of hydrogen-bond acceptors (Lipinski definition) is 5. The Bertz CT molecular complexity index is 901. The number of amides is 2. The van der Waals surface area contributed by atoms with Crippen molar-refractivity contribution in [2.24, 2.45) is 11.3 Å². The predicted octanol–water partition coefficient (Wildman–Crippen LogP) is 3.20. The predicted molar refractivity (Wildman–Crippen MR) is 106 cm³/mol. The van der Waals surface area contributed by atoms with Crippen LogP contribution in [-0.2, 0) is 11.2 Å². The number of aryl methyl sites for hydroxylation is 2. The van der Waals surface area contributed by atoms with E-state index in [1.165, 1.54) is 0 Å². The molecule has 0 bridgehead atoms. The number of carbonyl (C=O) groups is 2. The Kier molecular flexibility index (Phi) is 5.00. The van der Waals surface area contributed by atoms with Crippen molar-refractivity contribution in [2.75, 3.05) is 27.2 Å². The fourth-order valence-corrected chi connectivity index (χ4v) is 5.03. The lowest BCUT2D eigenvalue weighted by Gasteiger charge is -2.30. The zero-order chi connectivity index (χ0) is 20.8. The molecule has 29 heavy (non-hydrogen) atoms. The van der Waals surface area contributed by atoms with Crippen molar-refractivity contribution in [1.82, 2.24) is 15.0 Å². The SMILES string of the molecule is Cc1noc(C)c1Cc1ccc(C(=O)N2CC(C(=O)N(C)C)C3(CCCC3)C2)o1. The molecular weight excluding hydrogens is 370 g/mol. The fraction of sp³-hybridized carbons (Fsp3) is 0.591. The first-order chi connectivity index (χ1) is 13.8. The molecule has 1 spiro atoms. The maximum atomic E-state index is 13.2. The Balaban J connectivity index is 1.51. The second-order valence-electron chi connectivity index (χ2n) is 8.79. The van der Waals surface area contributed by atoms with Gasteiger partial charge in [-0.1, -0.05) is 18.0 Å². The molecule has 1 aliphatic heterocycles. The van der Waals surface area contributed by atoms with E-state index in [1.54, 1.807) is 25.1 Å². The summed E-state index contributed by atoms with van der Waals surface area (Å²) in [6, 6.07) is 3.57. The van der Waals surface area contributed by atoms with Crippen molar-refractivity contribution >= 4 is 11.8 Å². The van der Waals surface area contributed by atoms with Crippen LogP contribution in [0.4, 0.5) is 0 Å². The molecule has 0 N–H and O–H groups in total. The molecule has 1 aliphatic carbocycles. The number of hydrogen-bond donors (Lipinski definition) is 0. The third-order valence-corrected chi connectivity index (χ3v) is 6.68. The molecule has 0 aromatic carbocycles. The van der Waals surface area contributed by atoms with Crippen molar-refractivity contribution in [1.29, 1.82) is 0 Å². The van der Waals surface area contributed by atoms with Gasteiger partial charge in [0.2, 0.25) is 5.91 Å². The summed E-state index contributed by atoms with van der Waals surface area (Å²) in [5, 5.41) is 3.97. The van der Waals surface area contributed by atoms with Crippen LogP contribution in [0.25, 0.3) is 0 Å². The highest BCUT2D eigenvalue weighted by Gasteiger charge is 2.53. The van der Waals surface area contributed by atoms with Crippen LogP contribution in [-0.4, -0.2) is 54.0 Å². The number of carbonyl (C=O) groups excluding carboxylic acids is 2. The van der Waals surface area contributed by atoms with Gasteiger partial charge in [-0.05, 0) is 38.8 Å². The molecule has 2 aliphatic rings. The Labute approximate surface area is 171 Å². The number of likely N-dealkylation sites (tertiary alicyclic amines) is 1. The summed E-state index contributed by atoms with van der Waals surface area (Å²) < 4.78 is 11.1. The maximum absolute atomic E-state index is 13.2. The fourth-order valence-electron chi connectivity index (χ4n) is 5.03. The first-order valence-corrected chi connectivity index (χ1v) is 10.3. The minimum Gasteiger partial charge on any atom is -0.456 e. The van der Waals surface area contributed by atoms with Gasteiger partial charge in [0.1, 0.15) is 11.5 Å². The van der Waals surface area contributed by atoms with E-state index < -0.39 is 0 Å². The highest BCUT2D eigenvalue weighted by Crippen LogP contribution is 2.49. The van der Waals surface area contributed by atoms with Gasteiger partial charge in [-0.25, -0.2) is 0 Å². The summed E-state index contributed by atoms with van der Waals surface area (Å²) >= 11 is 0. The Hall–Kier alpha value is -2.57. The zero-order valence-electron chi connectivity index (χ0n) is 17.7. The molecule has 7 heteroatoms. The van der Waals surface area contributed by atoms with Gasteiger partial charge in [-0.2, -0.15) is 0 Å². The van der Waals surface area contributed by atoms with Crippen LogP contribution in [0.5, 0.6) is 0 Å². The summed E-state index contributed by atoms with van der Waals surface area (Å²) in [7, 11) is 3.59. The molecule has 1 atom stereocenters. The molecule has 7 nitrogen and oxygen atoms in total. The van der Waals surface area contributed by atoms with Gasteiger partial charge in [0.15, 0.2) is 5.76 Å². The molecule has 2 fully saturated rings. The van der Waals surface area contributed by atoms with Gasteiger partial charge in [0.05, 0.1) is 11.6 Å². The minimum absolute atomic E-state index is 0.0802. The molecule has 156 valence electrons. The van der Waals surface area contributed by atoms with Crippen molar-refractivity contribution in [3.8, 4) is 0 Å². The van der Waals surface area contributed by atoms with Crippen LogP contribution < -0.4 is 0 Å². The van der Waals surface area contributed by atoms with E-state index >= 15 is 0 Å². The van der Waals surface area contributed by atoms with E-state index in [-0.39, 0.29) is 23.1 Å². The zero-order valence-corrected chi connectivity index (χ0v) is 17.7. The van der Waals surface area contributed by atoms with Crippen LogP contribution >= 0.6 is 0 Å². The summed E-state index contributed by atoms with van der Waals surface area (Å²) in [5.41, 5.74) is 1.74. The monoisotopic (exact) mass is 399 g/mol. The standard InChI is InChI=1S/C22H29N3O4/c1-14-17(15(2)29-23-14)11-16-7-8-19(28-16)21(27)25-12-18(20(26)24(3)4)22(13-25)9-5-6-10-22/h7-8,18H,5-6,9-13H2,1-4H3. The first-order valence-electron chi connectivity index (χ1n) is 10.3. The van der Waals surface area contributed by atoms with E-state index in [0.717, 1.165) is 42.7 Å². The van der Waals surface area contributed by atoms with E-state index in [0.29, 0.717) is 31.0 Å². The van der Waals surface area contributed by atoms with Gasteiger partial charge in [-0.3, -0.25) is 9.59 Å². The van der Waals surface area contributed by atoms with Gasteiger partial charge >= 0.3 is 0 Å². The summed E-state index contributed by atoms with van der Waals surface area (Å²) in [6.07, 6.45) is 4.82. The lowest BCUT2D eigenvalue weighted by atomic mass is 9.76. The minimum atomic E-state index is -0.129. The largest absolute Gasteiger partial charge is 0.456 e. The number of nitrogens with zero attached hydrogens (tertiary/aromatic N) is 3. The molecule has 2 aromatic heterocycles. The van der Waals surface area contributed by atoms with Gasteiger partial charge in [-0.15, -0.1) is 0 Å². The molecule has 0 radical (unpaired) electrons. The first kappa shape index (κ1) is 19.7. The Morgan fingerprint density at radius 2 is 1.97 bits per heavy atom. The number of aromatic nitrogens is 1. The van der Waals surface area contributed by atoms with E-state index in [9.17, 15) is 9.59 Å². The molecule has 3 heterocycles. The van der Waals surface area contributed by atoms with Gasteiger partial charge < -0.3 is 18.7 Å². The lowest BCUT2D eigenvalue weighted by molar-refractivity contribution is -0.135. The van der Waals surface area contributed by atoms with Crippen molar-refractivity contribution in [3.63, 3.8) is 0 Å². The number of furan rings is 1. The summed E-state index contributed by atoms with van der Waals surface area (Å²) in [4.78, 5) is 29.4. The lowest BCUT2D eigenvalue weighted by Crippen LogP contribution is -2.39.